The Morgan fingerprint density at radius 1 is 1.08 bits per heavy atom. The number of carbonyl (C=O) groups excluding carboxylic acids is 2. The number of hydrogen-bond donors (Lipinski definition) is 1. The molecule has 0 saturated carbocycles. The molecule has 2 aromatic carbocycles. The van der Waals surface area contributed by atoms with Crippen LogP contribution in [-0.4, -0.2) is 28.3 Å². The summed E-state index contributed by atoms with van der Waals surface area (Å²) in [5, 5.41) is 4.53. The Bertz CT molecular complexity index is 899. The van der Waals surface area contributed by atoms with Crippen molar-refractivity contribution in [2.75, 3.05) is 6.61 Å². The topological polar surface area (TPSA) is 87.2 Å². The van der Waals surface area contributed by atoms with Gasteiger partial charge in [0.15, 0.2) is 6.61 Å². The zero-order chi connectivity index (χ0) is 17.8. The number of ether oxygens (including phenoxy) is 1. The van der Waals surface area contributed by atoms with Gasteiger partial charge in [-0.2, -0.15) is 5.10 Å². The van der Waals surface area contributed by atoms with Crippen LogP contribution in [0.3, 0.4) is 0 Å². The molecular formula is C19H17N3O3. The van der Waals surface area contributed by atoms with Gasteiger partial charge in [0, 0.05) is 11.8 Å². The zero-order valence-electron chi connectivity index (χ0n) is 13.7. The summed E-state index contributed by atoms with van der Waals surface area (Å²) in [7, 11) is 0. The molecule has 3 rings (SSSR count). The average Bonchev–Trinajstić information content (AvgIpc) is 3.06. The molecule has 0 spiro atoms. The van der Waals surface area contributed by atoms with Crippen LogP contribution in [0, 0.1) is 6.92 Å². The molecule has 0 radical (unpaired) electrons. The van der Waals surface area contributed by atoms with Crippen LogP contribution in [-0.2, 0) is 9.53 Å². The molecule has 0 unspecified atom stereocenters. The van der Waals surface area contributed by atoms with Gasteiger partial charge in [0.2, 0.25) is 0 Å². The van der Waals surface area contributed by atoms with Crippen LogP contribution < -0.4 is 5.73 Å². The van der Waals surface area contributed by atoms with Crippen molar-refractivity contribution in [3.05, 3.63) is 71.9 Å². The van der Waals surface area contributed by atoms with Crippen LogP contribution in [0.4, 0.5) is 0 Å². The molecule has 0 aliphatic rings. The quantitative estimate of drug-likeness (QED) is 0.726. The summed E-state index contributed by atoms with van der Waals surface area (Å²) in [6, 6.07) is 17.1. The van der Waals surface area contributed by atoms with E-state index in [1.165, 1.54) is 0 Å². The fraction of sp³-hybridized carbons (Fsp3) is 0.105. The minimum Gasteiger partial charge on any atom is -0.452 e. The van der Waals surface area contributed by atoms with Gasteiger partial charge in [-0.3, -0.25) is 4.79 Å². The van der Waals surface area contributed by atoms with Gasteiger partial charge in [-0.05, 0) is 19.1 Å². The molecule has 25 heavy (non-hydrogen) atoms. The highest BCUT2D eigenvalue weighted by Crippen LogP contribution is 2.24. The molecule has 126 valence electrons. The van der Waals surface area contributed by atoms with E-state index >= 15 is 0 Å². The number of carbonyl (C=O) groups is 2. The minimum atomic E-state index is -0.708. The lowest BCUT2D eigenvalue weighted by Crippen LogP contribution is -2.21. The molecular weight excluding hydrogens is 318 g/mol. The second-order valence-electron chi connectivity index (χ2n) is 5.58. The van der Waals surface area contributed by atoms with Gasteiger partial charge in [-0.15, -0.1) is 0 Å². The molecule has 3 aromatic rings. The van der Waals surface area contributed by atoms with Gasteiger partial charge in [-0.25, -0.2) is 9.48 Å². The van der Waals surface area contributed by atoms with Crippen LogP contribution >= 0.6 is 0 Å². The highest BCUT2D eigenvalue weighted by atomic mass is 16.5. The standard InChI is InChI=1S/C19H17N3O3/c1-13-7-9-15(10-8-13)22-11-16(19(24)25-12-17(20)23)18(21-22)14-5-3-2-4-6-14/h2-11H,12H2,1H3,(H2,20,23). The van der Waals surface area contributed by atoms with E-state index < -0.39 is 18.5 Å². The fourth-order valence-corrected chi connectivity index (χ4v) is 2.38. The predicted molar refractivity (Wildman–Crippen MR) is 93.2 cm³/mol. The Kier molecular flexibility index (Phi) is 4.61. The number of nitrogens with zero attached hydrogens (tertiary/aromatic N) is 2. The van der Waals surface area contributed by atoms with Crippen molar-refractivity contribution >= 4 is 11.9 Å². The maximum absolute atomic E-state index is 12.4. The Morgan fingerprint density at radius 3 is 2.40 bits per heavy atom. The molecule has 0 saturated heterocycles. The highest BCUT2D eigenvalue weighted by molar-refractivity contribution is 5.97. The Labute approximate surface area is 144 Å². The fourth-order valence-electron chi connectivity index (χ4n) is 2.38. The lowest BCUT2D eigenvalue weighted by atomic mass is 10.1. The van der Waals surface area contributed by atoms with E-state index in [2.05, 4.69) is 5.10 Å². The van der Waals surface area contributed by atoms with Gasteiger partial charge in [0.25, 0.3) is 5.91 Å². The molecule has 1 amide bonds. The minimum absolute atomic E-state index is 0.271. The van der Waals surface area contributed by atoms with E-state index in [1.54, 1.807) is 10.9 Å². The Balaban J connectivity index is 2.03. The van der Waals surface area contributed by atoms with Crippen LogP contribution in [0.15, 0.2) is 60.8 Å². The first-order valence-corrected chi connectivity index (χ1v) is 7.72. The first kappa shape index (κ1) is 16.4. The normalized spacial score (nSPS) is 10.4. The third-order valence-electron chi connectivity index (χ3n) is 3.63. The summed E-state index contributed by atoms with van der Waals surface area (Å²) in [6.07, 6.45) is 1.59. The zero-order valence-corrected chi connectivity index (χ0v) is 13.7. The predicted octanol–water partition coefficient (Wildman–Crippen LogP) is 2.49. The Hall–Kier alpha value is -3.41. The smallest absolute Gasteiger partial charge is 0.342 e. The van der Waals surface area contributed by atoms with Crippen LogP contribution in [0.5, 0.6) is 0 Å². The van der Waals surface area contributed by atoms with Crippen molar-refractivity contribution in [1.82, 2.24) is 9.78 Å². The number of amides is 1. The van der Waals surface area contributed by atoms with E-state index in [4.69, 9.17) is 10.5 Å². The summed E-state index contributed by atoms with van der Waals surface area (Å²) in [5.41, 5.74) is 8.51. The second kappa shape index (κ2) is 7.00. The summed E-state index contributed by atoms with van der Waals surface area (Å²) >= 11 is 0. The van der Waals surface area contributed by atoms with Gasteiger partial charge in [-0.1, -0.05) is 48.0 Å². The van der Waals surface area contributed by atoms with Crippen LogP contribution in [0.1, 0.15) is 15.9 Å². The monoisotopic (exact) mass is 335 g/mol. The van der Waals surface area contributed by atoms with E-state index in [-0.39, 0.29) is 5.56 Å². The summed E-state index contributed by atoms with van der Waals surface area (Å²) in [5.74, 6) is -1.35. The van der Waals surface area contributed by atoms with Crippen molar-refractivity contribution in [3.8, 4) is 16.9 Å². The van der Waals surface area contributed by atoms with E-state index in [1.807, 2.05) is 61.5 Å². The molecule has 0 aliphatic heterocycles. The number of esters is 1. The third-order valence-corrected chi connectivity index (χ3v) is 3.63. The average molecular weight is 335 g/mol. The highest BCUT2D eigenvalue weighted by Gasteiger charge is 2.20. The maximum atomic E-state index is 12.4. The maximum Gasteiger partial charge on any atom is 0.342 e. The molecule has 0 aliphatic carbocycles. The molecule has 2 N–H and O–H groups in total. The third kappa shape index (κ3) is 3.74. The van der Waals surface area contributed by atoms with E-state index in [0.29, 0.717) is 5.69 Å². The van der Waals surface area contributed by atoms with Crippen molar-refractivity contribution in [3.63, 3.8) is 0 Å². The molecule has 6 nitrogen and oxygen atoms in total. The number of aromatic nitrogens is 2. The molecule has 0 bridgehead atoms. The Morgan fingerprint density at radius 2 is 1.76 bits per heavy atom. The molecule has 1 aromatic heterocycles. The first-order valence-electron chi connectivity index (χ1n) is 7.72. The SMILES string of the molecule is Cc1ccc(-n2cc(C(=O)OCC(N)=O)c(-c3ccccc3)n2)cc1. The molecule has 1 heterocycles. The van der Waals surface area contributed by atoms with Crippen molar-refractivity contribution < 1.29 is 14.3 Å². The second-order valence-corrected chi connectivity index (χ2v) is 5.58. The lowest BCUT2D eigenvalue weighted by Gasteiger charge is -2.02. The number of nitrogens with two attached hydrogens (primary N) is 1. The van der Waals surface area contributed by atoms with Crippen LogP contribution in [0.2, 0.25) is 0 Å². The largest absolute Gasteiger partial charge is 0.452 e. The van der Waals surface area contributed by atoms with Gasteiger partial charge < -0.3 is 10.5 Å². The number of primary amides is 1. The summed E-state index contributed by atoms with van der Waals surface area (Å²) in [4.78, 5) is 23.2. The van der Waals surface area contributed by atoms with Gasteiger partial charge in [0.05, 0.1) is 5.69 Å². The van der Waals surface area contributed by atoms with Crippen molar-refractivity contribution in [2.45, 2.75) is 6.92 Å². The van der Waals surface area contributed by atoms with E-state index in [0.717, 1.165) is 16.8 Å². The number of rotatable bonds is 5. The summed E-state index contributed by atoms with van der Waals surface area (Å²) in [6.45, 7) is 1.53. The first-order chi connectivity index (χ1) is 12.0. The van der Waals surface area contributed by atoms with Gasteiger partial charge >= 0.3 is 5.97 Å². The molecule has 0 atom stereocenters. The van der Waals surface area contributed by atoms with Crippen molar-refractivity contribution in [1.29, 1.82) is 0 Å². The van der Waals surface area contributed by atoms with Crippen LogP contribution in [0.25, 0.3) is 16.9 Å². The lowest BCUT2D eigenvalue weighted by molar-refractivity contribution is -0.121. The van der Waals surface area contributed by atoms with E-state index in [9.17, 15) is 9.59 Å². The van der Waals surface area contributed by atoms with Crippen molar-refractivity contribution in [2.24, 2.45) is 5.73 Å². The number of benzene rings is 2. The molecule has 0 fully saturated rings. The number of aryl methyl sites for hydroxylation is 1. The summed E-state index contributed by atoms with van der Waals surface area (Å²) < 4.78 is 6.57. The number of hydrogen-bond acceptors (Lipinski definition) is 4. The van der Waals surface area contributed by atoms with Gasteiger partial charge in [0.1, 0.15) is 11.3 Å². The molecule has 6 heteroatoms.